The first-order chi connectivity index (χ1) is 32.0. The number of esters is 3. The van der Waals surface area contributed by atoms with Crippen molar-refractivity contribution in [2.45, 2.75) is 245 Å². The summed E-state index contributed by atoms with van der Waals surface area (Å²) in [6, 6.07) is 0. The Morgan fingerprint density at radius 2 is 0.646 bits per heavy atom. The highest BCUT2D eigenvalue weighted by Crippen LogP contribution is 2.14. The van der Waals surface area contributed by atoms with Gasteiger partial charge in [0.1, 0.15) is 13.2 Å². The summed E-state index contributed by atoms with van der Waals surface area (Å²) in [7, 11) is 0. The molecule has 6 nitrogen and oxygen atoms in total. The number of hydrogen-bond donors (Lipinski definition) is 0. The number of rotatable bonds is 47. The Labute approximate surface area is 400 Å². The molecule has 0 saturated heterocycles. The van der Waals surface area contributed by atoms with Gasteiger partial charge in [-0.25, -0.2) is 0 Å². The summed E-state index contributed by atoms with van der Waals surface area (Å²) in [4.78, 5) is 37.7. The second kappa shape index (κ2) is 52.9. The average Bonchev–Trinajstić information content (AvgIpc) is 3.30. The molecule has 65 heavy (non-hydrogen) atoms. The highest BCUT2D eigenvalue weighted by Gasteiger charge is 2.19. The standard InChI is InChI=1S/C59H98O6/c1-4-7-10-13-16-18-20-22-24-25-26-27-28-29-30-31-32-33-35-36-38-40-43-46-49-52-58(61)64-55-56(54-63-57(60)51-48-45-42-15-12-9-6-3)65-59(62)53-50-47-44-41-39-37-34-23-21-19-17-14-11-8-5-2/h8,11,17,19-20,22-23,25-26,28-29,34,39,41,47,50,56H,4-7,9-10,12-16,18,21,24,27,30-33,35-38,40,42-46,48-49,51-55H2,1-3H3/b11-8-,19-17-,22-20-,26-25-,29-28-,34-23-,41-39-,50-47-. The third-order valence-electron chi connectivity index (χ3n) is 11.1. The predicted octanol–water partition coefficient (Wildman–Crippen LogP) is 17.8. The molecule has 0 aromatic rings. The van der Waals surface area contributed by atoms with Gasteiger partial charge in [0.05, 0.1) is 6.42 Å². The summed E-state index contributed by atoms with van der Waals surface area (Å²) < 4.78 is 16.6. The van der Waals surface area contributed by atoms with Gasteiger partial charge in [-0.1, -0.05) is 234 Å². The largest absolute Gasteiger partial charge is 0.462 e. The van der Waals surface area contributed by atoms with E-state index in [0.717, 1.165) is 83.5 Å². The van der Waals surface area contributed by atoms with E-state index < -0.39 is 12.1 Å². The first-order valence-corrected chi connectivity index (χ1v) is 26.7. The maximum Gasteiger partial charge on any atom is 0.310 e. The Kier molecular flexibility index (Phi) is 50.0. The van der Waals surface area contributed by atoms with Crippen molar-refractivity contribution in [1.29, 1.82) is 0 Å². The van der Waals surface area contributed by atoms with E-state index in [4.69, 9.17) is 14.2 Å². The van der Waals surface area contributed by atoms with Crippen LogP contribution >= 0.6 is 0 Å². The fraction of sp³-hybridized carbons (Fsp3) is 0.678. The van der Waals surface area contributed by atoms with Gasteiger partial charge >= 0.3 is 17.9 Å². The van der Waals surface area contributed by atoms with Crippen LogP contribution in [0.15, 0.2) is 97.2 Å². The molecule has 0 aliphatic carbocycles. The molecule has 370 valence electrons. The molecule has 0 bridgehead atoms. The van der Waals surface area contributed by atoms with Gasteiger partial charge in [-0.05, 0) is 83.5 Å². The smallest absolute Gasteiger partial charge is 0.310 e. The van der Waals surface area contributed by atoms with Crippen LogP contribution in [0.1, 0.15) is 239 Å². The fourth-order valence-electron chi connectivity index (χ4n) is 7.11. The van der Waals surface area contributed by atoms with Crippen LogP contribution in [0.2, 0.25) is 0 Å². The molecule has 0 aromatic carbocycles. The Morgan fingerprint density at radius 3 is 1.02 bits per heavy atom. The van der Waals surface area contributed by atoms with Crippen molar-refractivity contribution in [2.24, 2.45) is 0 Å². The molecule has 0 radical (unpaired) electrons. The number of carbonyl (C=O) groups is 3. The predicted molar refractivity (Wildman–Crippen MR) is 279 cm³/mol. The molecular formula is C59H98O6. The molecule has 0 rings (SSSR count). The molecule has 1 atom stereocenters. The van der Waals surface area contributed by atoms with Crippen LogP contribution in [0, 0.1) is 0 Å². The quantitative estimate of drug-likeness (QED) is 0.0262. The van der Waals surface area contributed by atoms with E-state index in [1.165, 1.54) is 116 Å². The molecule has 0 N–H and O–H groups in total. The number of hydrogen-bond acceptors (Lipinski definition) is 6. The number of allylic oxidation sites excluding steroid dienone is 15. The zero-order chi connectivity index (χ0) is 47.2. The minimum absolute atomic E-state index is 0.0951. The van der Waals surface area contributed by atoms with Crippen LogP contribution in [0.25, 0.3) is 0 Å². The molecule has 0 spiro atoms. The van der Waals surface area contributed by atoms with Gasteiger partial charge in [0, 0.05) is 12.8 Å². The fourth-order valence-corrected chi connectivity index (χ4v) is 7.11. The third-order valence-corrected chi connectivity index (χ3v) is 11.1. The molecule has 0 saturated carbocycles. The maximum absolute atomic E-state index is 12.7. The topological polar surface area (TPSA) is 78.9 Å². The minimum Gasteiger partial charge on any atom is -0.462 e. The van der Waals surface area contributed by atoms with Crippen molar-refractivity contribution >= 4 is 17.9 Å². The SMILES string of the molecule is CC/C=C\C/C=C\C/C=C\C/C=C\C/C=C\CC(=O)OC(COC(=O)CCCCCCCCC)COC(=O)CCCCCCCCCCCC/C=C\C/C=C\C/C=C\CCCCCCC. The molecule has 0 amide bonds. The van der Waals surface area contributed by atoms with Crippen molar-refractivity contribution in [3.63, 3.8) is 0 Å². The van der Waals surface area contributed by atoms with E-state index in [1.54, 1.807) is 6.08 Å². The normalized spacial score (nSPS) is 12.8. The minimum atomic E-state index is -0.830. The van der Waals surface area contributed by atoms with Crippen LogP contribution in [-0.4, -0.2) is 37.2 Å². The monoisotopic (exact) mass is 903 g/mol. The van der Waals surface area contributed by atoms with Crippen LogP contribution in [0.3, 0.4) is 0 Å². The first kappa shape index (κ1) is 61.3. The molecular weight excluding hydrogens is 805 g/mol. The van der Waals surface area contributed by atoms with Crippen molar-refractivity contribution in [1.82, 2.24) is 0 Å². The van der Waals surface area contributed by atoms with Gasteiger partial charge in [-0.15, -0.1) is 0 Å². The highest BCUT2D eigenvalue weighted by molar-refractivity contribution is 5.72. The van der Waals surface area contributed by atoms with Crippen LogP contribution in [0.5, 0.6) is 0 Å². The van der Waals surface area contributed by atoms with Crippen LogP contribution in [-0.2, 0) is 28.6 Å². The lowest BCUT2D eigenvalue weighted by Crippen LogP contribution is -2.30. The molecule has 0 heterocycles. The second-order valence-corrected chi connectivity index (χ2v) is 17.4. The number of carbonyl (C=O) groups excluding carboxylic acids is 3. The Bertz CT molecular complexity index is 1310. The van der Waals surface area contributed by atoms with Gasteiger partial charge < -0.3 is 14.2 Å². The highest BCUT2D eigenvalue weighted by atomic mass is 16.6. The molecule has 1 unspecified atom stereocenters. The summed E-state index contributed by atoms with van der Waals surface area (Å²) in [5.74, 6) is -1.06. The number of unbranched alkanes of at least 4 members (excludes halogenated alkanes) is 21. The zero-order valence-corrected chi connectivity index (χ0v) is 42.2. The summed E-state index contributed by atoms with van der Waals surface area (Å²) in [6.45, 7) is 6.37. The summed E-state index contributed by atoms with van der Waals surface area (Å²) in [6.07, 6.45) is 70.2. The Hall–Kier alpha value is -3.67. The van der Waals surface area contributed by atoms with Crippen molar-refractivity contribution in [2.75, 3.05) is 13.2 Å². The average molecular weight is 903 g/mol. The lowest BCUT2D eigenvalue weighted by molar-refractivity contribution is -0.166. The first-order valence-electron chi connectivity index (χ1n) is 26.7. The summed E-state index contributed by atoms with van der Waals surface area (Å²) >= 11 is 0. The molecule has 6 heteroatoms. The van der Waals surface area contributed by atoms with Crippen molar-refractivity contribution < 1.29 is 28.6 Å². The summed E-state index contributed by atoms with van der Waals surface area (Å²) in [5, 5.41) is 0. The van der Waals surface area contributed by atoms with Gasteiger partial charge in [0.2, 0.25) is 0 Å². The van der Waals surface area contributed by atoms with Crippen molar-refractivity contribution in [3.05, 3.63) is 97.2 Å². The van der Waals surface area contributed by atoms with E-state index in [9.17, 15) is 14.4 Å². The molecule has 0 aromatic heterocycles. The van der Waals surface area contributed by atoms with Gasteiger partial charge in [-0.3, -0.25) is 14.4 Å². The van der Waals surface area contributed by atoms with E-state index in [1.807, 2.05) is 6.08 Å². The summed E-state index contributed by atoms with van der Waals surface area (Å²) in [5.41, 5.74) is 0. The molecule has 0 aliphatic rings. The van der Waals surface area contributed by atoms with E-state index in [-0.39, 0.29) is 31.6 Å². The molecule has 0 aliphatic heterocycles. The third kappa shape index (κ3) is 51.2. The lowest BCUT2D eigenvalue weighted by Gasteiger charge is -2.18. The van der Waals surface area contributed by atoms with Gasteiger partial charge in [0.25, 0.3) is 0 Å². The Balaban J connectivity index is 4.28. The zero-order valence-electron chi connectivity index (χ0n) is 42.2. The maximum atomic E-state index is 12.7. The van der Waals surface area contributed by atoms with E-state index in [0.29, 0.717) is 12.8 Å². The van der Waals surface area contributed by atoms with Crippen LogP contribution < -0.4 is 0 Å². The van der Waals surface area contributed by atoms with E-state index >= 15 is 0 Å². The van der Waals surface area contributed by atoms with Gasteiger partial charge in [-0.2, -0.15) is 0 Å². The lowest BCUT2D eigenvalue weighted by atomic mass is 10.1. The Morgan fingerprint density at radius 1 is 0.338 bits per heavy atom. The van der Waals surface area contributed by atoms with E-state index in [2.05, 4.69) is 106 Å². The van der Waals surface area contributed by atoms with Crippen LogP contribution in [0.4, 0.5) is 0 Å². The second-order valence-electron chi connectivity index (χ2n) is 17.4. The number of ether oxygens (including phenoxy) is 3. The molecule has 0 fully saturated rings. The van der Waals surface area contributed by atoms with Crippen molar-refractivity contribution in [3.8, 4) is 0 Å². The van der Waals surface area contributed by atoms with Gasteiger partial charge in [0.15, 0.2) is 6.10 Å².